The molecule has 0 aliphatic heterocycles. The molecule has 0 aromatic heterocycles. The third-order valence-electron chi connectivity index (χ3n) is 1.80. The quantitative estimate of drug-likeness (QED) is 0.420. The first kappa shape index (κ1) is 11.7. The van der Waals surface area contributed by atoms with E-state index in [-0.39, 0.29) is 5.91 Å². The number of hydrogen-bond acceptors (Lipinski definition) is 4. The van der Waals surface area contributed by atoms with E-state index < -0.39 is 7.12 Å². The van der Waals surface area contributed by atoms with E-state index in [0.29, 0.717) is 11.0 Å². The SMILES string of the molecule is CN(C)NC(=O)c1ccc(B(O)O)cc1. The maximum atomic E-state index is 11.5. The number of nitrogens with zero attached hydrogens (tertiary/aromatic N) is 1. The molecular weight excluding hydrogens is 195 g/mol. The summed E-state index contributed by atoms with van der Waals surface area (Å²) < 4.78 is 0. The summed E-state index contributed by atoms with van der Waals surface area (Å²) >= 11 is 0. The second-order valence-corrected chi connectivity index (χ2v) is 3.33. The Kier molecular flexibility index (Phi) is 3.84. The summed E-state index contributed by atoms with van der Waals surface area (Å²) in [5, 5.41) is 19.2. The normalized spacial score (nSPS) is 10.2. The van der Waals surface area contributed by atoms with Gasteiger partial charge in [0.05, 0.1) is 0 Å². The molecule has 1 aromatic rings. The lowest BCUT2D eigenvalue weighted by Crippen LogP contribution is -2.36. The van der Waals surface area contributed by atoms with E-state index in [1.807, 2.05) is 0 Å². The van der Waals surface area contributed by atoms with Crippen molar-refractivity contribution in [2.45, 2.75) is 0 Å². The van der Waals surface area contributed by atoms with Crippen LogP contribution >= 0.6 is 0 Å². The smallest absolute Gasteiger partial charge is 0.423 e. The molecule has 1 amide bonds. The third kappa shape index (κ3) is 3.36. The number of rotatable bonds is 3. The van der Waals surface area contributed by atoms with E-state index in [4.69, 9.17) is 10.0 Å². The van der Waals surface area contributed by atoms with Crippen LogP contribution in [-0.4, -0.2) is 42.2 Å². The highest BCUT2D eigenvalue weighted by atomic mass is 16.4. The molecule has 0 unspecified atom stereocenters. The van der Waals surface area contributed by atoms with Gasteiger partial charge in [0, 0.05) is 19.7 Å². The zero-order chi connectivity index (χ0) is 11.4. The van der Waals surface area contributed by atoms with Gasteiger partial charge in [-0.05, 0) is 17.6 Å². The first-order valence-electron chi connectivity index (χ1n) is 4.45. The van der Waals surface area contributed by atoms with Crippen LogP contribution in [0.5, 0.6) is 0 Å². The van der Waals surface area contributed by atoms with Gasteiger partial charge in [0.25, 0.3) is 5.91 Å². The number of nitrogens with one attached hydrogen (secondary N) is 1. The van der Waals surface area contributed by atoms with Crippen molar-refractivity contribution in [1.29, 1.82) is 0 Å². The number of benzene rings is 1. The minimum absolute atomic E-state index is 0.237. The molecule has 15 heavy (non-hydrogen) atoms. The van der Waals surface area contributed by atoms with Crippen LogP contribution in [0.15, 0.2) is 24.3 Å². The van der Waals surface area contributed by atoms with E-state index in [1.54, 1.807) is 14.1 Å². The maximum absolute atomic E-state index is 11.5. The van der Waals surface area contributed by atoms with Crippen molar-refractivity contribution in [2.75, 3.05) is 14.1 Å². The van der Waals surface area contributed by atoms with Crippen molar-refractivity contribution < 1.29 is 14.8 Å². The summed E-state index contributed by atoms with van der Waals surface area (Å²) in [4.78, 5) is 11.5. The van der Waals surface area contributed by atoms with Gasteiger partial charge in [0.2, 0.25) is 0 Å². The van der Waals surface area contributed by atoms with Gasteiger partial charge in [-0.3, -0.25) is 10.2 Å². The molecule has 1 rings (SSSR count). The summed E-state index contributed by atoms with van der Waals surface area (Å²) in [6.07, 6.45) is 0. The van der Waals surface area contributed by atoms with E-state index in [2.05, 4.69) is 5.43 Å². The second kappa shape index (κ2) is 4.93. The fraction of sp³-hybridized carbons (Fsp3) is 0.222. The molecule has 3 N–H and O–H groups in total. The van der Waals surface area contributed by atoms with Crippen molar-refractivity contribution in [1.82, 2.24) is 10.4 Å². The Balaban J connectivity index is 2.75. The number of carbonyl (C=O) groups excluding carboxylic acids is 1. The zero-order valence-electron chi connectivity index (χ0n) is 8.64. The number of hydrazine groups is 1. The molecule has 1 aromatic carbocycles. The number of amides is 1. The predicted octanol–water partition coefficient (Wildman–Crippen LogP) is -1.43. The van der Waals surface area contributed by atoms with Gasteiger partial charge in [-0.15, -0.1) is 0 Å². The number of hydrogen-bond donors (Lipinski definition) is 3. The Bertz CT molecular complexity index is 338. The van der Waals surface area contributed by atoms with Crippen LogP contribution in [0, 0.1) is 0 Å². The van der Waals surface area contributed by atoms with Gasteiger partial charge in [-0.2, -0.15) is 0 Å². The van der Waals surface area contributed by atoms with E-state index >= 15 is 0 Å². The van der Waals surface area contributed by atoms with Crippen molar-refractivity contribution in [3.8, 4) is 0 Å². The van der Waals surface area contributed by atoms with Crippen molar-refractivity contribution in [2.24, 2.45) is 0 Å². The third-order valence-corrected chi connectivity index (χ3v) is 1.80. The van der Waals surface area contributed by atoms with Crippen molar-refractivity contribution in [3.05, 3.63) is 29.8 Å². The van der Waals surface area contributed by atoms with Crippen LogP contribution in [0.4, 0.5) is 0 Å². The molecule has 0 heterocycles. The fourth-order valence-electron chi connectivity index (χ4n) is 1.07. The van der Waals surface area contributed by atoms with Crippen LogP contribution in [0.1, 0.15) is 10.4 Å². The van der Waals surface area contributed by atoms with E-state index in [0.717, 1.165) is 0 Å². The molecule has 0 fully saturated rings. The van der Waals surface area contributed by atoms with Crippen LogP contribution in [-0.2, 0) is 0 Å². The first-order valence-corrected chi connectivity index (χ1v) is 4.45. The van der Waals surface area contributed by atoms with Gasteiger partial charge in [-0.25, -0.2) is 5.01 Å². The minimum Gasteiger partial charge on any atom is -0.423 e. The van der Waals surface area contributed by atoms with Gasteiger partial charge in [0.1, 0.15) is 0 Å². The Hall–Kier alpha value is -1.37. The lowest BCUT2D eigenvalue weighted by Gasteiger charge is -2.11. The van der Waals surface area contributed by atoms with Crippen molar-refractivity contribution in [3.63, 3.8) is 0 Å². The summed E-state index contributed by atoms with van der Waals surface area (Å²) in [5.74, 6) is -0.237. The molecule has 0 atom stereocenters. The van der Waals surface area contributed by atoms with Gasteiger partial charge in [-0.1, -0.05) is 12.1 Å². The molecule has 5 nitrogen and oxygen atoms in total. The van der Waals surface area contributed by atoms with Crippen LogP contribution in [0.25, 0.3) is 0 Å². The molecule has 0 aliphatic rings. The molecule has 0 radical (unpaired) electrons. The highest BCUT2D eigenvalue weighted by molar-refractivity contribution is 6.58. The van der Waals surface area contributed by atoms with Crippen LogP contribution < -0.4 is 10.9 Å². The number of carbonyl (C=O) groups is 1. The molecule has 0 saturated carbocycles. The van der Waals surface area contributed by atoms with E-state index in [9.17, 15) is 4.79 Å². The standard InChI is InChI=1S/C9H13BN2O3/c1-12(2)11-9(13)7-3-5-8(6-4-7)10(14)15/h3-6,14-15H,1-2H3,(H,11,13). The Morgan fingerprint density at radius 3 is 2.20 bits per heavy atom. The highest BCUT2D eigenvalue weighted by Gasteiger charge is 2.11. The minimum atomic E-state index is -1.50. The maximum Gasteiger partial charge on any atom is 0.488 e. The molecule has 0 bridgehead atoms. The largest absolute Gasteiger partial charge is 0.488 e. The molecule has 0 aliphatic carbocycles. The monoisotopic (exact) mass is 208 g/mol. The average molecular weight is 208 g/mol. The summed E-state index contributed by atoms with van der Waals surface area (Å²) in [6, 6.07) is 6.06. The topological polar surface area (TPSA) is 72.8 Å². The fourth-order valence-corrected chi connectivity index (χ4v) is 1.07. The molecular formula is C9H13BN2O3. The lowest BCUT2D eigenvalue weighted by atomic mass is 9.80. The van der Waals surface area contributed by atoms with E-state index in [1.165, 1.54) is 29.3 Å². The summed E-state index contributed by atoms with van der Waals surface area (Å²) in [6.45, 7) is 0. The van der Waals surface area contributed by atoms with Gasteiger partial charge in [0.15, 0.2) is 0 Å². The predicted molar refractivity (Wildman–Crippen MR) is 57.4 cm³/mol. The molecule has 0 saturated heterocycles. The Labute approximate surface area is 88.4 Å². The summed E-state index contributed by atoms with van der Waals surface area (Å²) in [7, 11) is 1.92. The van der Waals surface area contributed by atoms with Crippen molar-refractivity contribution >= 4 is 18.5 Å². The Morgan fingerprint density at radius 1 is 1.27 bits per heavy atom. The highest BCUT2D eigenvalue weighted by Crippen LogP contribution is 1.97. The zero-order valence-corrected chi connectivity index (χ0v) is 8.64. The van der Waals surface area contributed by atoms with Crippen LogP contribution in [0.2, 0.25) is 0 Å². The molecule has 6 heteroatoms. The Morgan fingerprint density at radius 2 is 1.80 bits per heavy atom. The van der Waals surface area contributed by atoms with Crippen LogP contribution in [0.3, 0.4) is 0 Å². The second-order valence-electron chi connectivity index (χ2n) is 3.33. The first-order chi connectivity index (χ1) is 7.00. The molecule has 0 spiro atoms. The summed E-state index contributed by atoms with van der Waals surface area (Å²) in [5.41, 5.74) is 3.40. The van der Waals surface area contributed by atoms with Gasteiger partial charge < -0.3 is 10.0 Å². The lowest BCUT2D eigenvalue weighted by molar-refractivity contribution is 0.0857. The van der Waals surface area contributed by atoms with Gasteiger partial charge >= 0.3 is 7.12 Å². The molecule has 80 valence electrons. The average Bonchev–Trinajstić information content (AvgIpc) is 2.17.